The summed E-state index contributed by atoms with van der Waals surface area (Å²) in [7, 11) is 0. The smallest absolute Gasteiger partial charge is 0.323 e. The van der Waals surface area contributed by atoms with E-state index in [4.69, 9.17) is 9.84 Å². The Morgan fingerprint density at radius 3 is 2.61 bits per heavy atom. The van der Waals surface area contributed by atoms with Crippen LogP contribution in [0.15, 0.2) is 24.3 Å². The highest BCUT2D eigenvalue weighted by Crippen LogP contribution is 2.13. The molecule has 0 radical (unpaired) electrons. The van der Waals surface area contributed by atoms with Crippen molar-refractivity contribution in [3.63, 3.8) is 0 Å². The van der Waals surface area contributed by atoms with E-state index in [2.05, 4.69) is 0 Å². The minimum Gasteiger partial charge on any atom is -0.494 e. The van der Waals surface area contributed by atoms with Crippen molar-refractivity contribution in [3.05, 3.63) is 29.8 Å². The van der Waals surface area contributed by atoms with Crippen LogP contribution in [-0.4, -0.2) is 41.6 Å². The number of rotatable bonds is 10. The molecule has 0 saturated carbocycles. The number of aryl methyl sites for hydroxylation is 1. The molecule has 0 aliphatic carbocycles. The molecule has 1 aromatic rings. The Labute approximate surface area is 138 Å². The van der Waals surface area contributed by atoms with E-state index in [1.54, 1.807) is 0 Å². The highest BCUT2D eigenvalue weighted by Gasteiger charge is 2.17. The van der Waals surface area contributed by atoms with E-state index in [1.165, 1.54) is 4.90 Å². The lowest BCUT2D eigenvalue weighted by Gasteiger charge is -2.22. The molecule has 0 aliphatic rings. The molecule has 0 unspecified atom stereocenters. The fourth-order valence-corrected chi connectivity index (χ4v) is 2.29. The summed E-state index contributed by atoms with van der Waals surface area (Å²) in [5.41, 5.74) is 1.15. The summed E-state index contributed by atoms with van der Waals surface area (Å²) < 4.78 is 5.64. The highest BCUT2D eigenvalue weighted by atomic mass is 16.5. The van der Waals surface area contributed by atoms with Gasteiger partial charge in [-0.25, -0.2) is 0 Å². The van der Waals surface area contributed by atoms with Crippen LogP contribution in [-0.2, 0) is 9.59 Å². The van der Waals surface area contributed by atoms with Gasteiger partial charge in [-0.1, -0.05) is 26.0 Å². The molecular weight excluding hydrogens is 294 g/mol. The molecule has 1 aromatic carbocycles. The van der Waals surface area contributed by atoms with Crippen molar-refractivity contribution in [1.29, 1.82) is 0 Å². The Morgan fingerprint density at radius 2 is 2.00 bits per heavy atom. The van der Waals surface area contributed by atoms with Crippen molar-refractivity contribution in [2.75, 3.05) is 19.7 Å². The van der Waals surface area contributed by atoms with E-state index in [0.717, 1.165) is 17.7 Å². The molecule has 128 valence electrons. The van der Waals surface area contributed by atoms with Crippen LogP contribution >= 0.6 is 0 Å². The number of benzene rings is 1. The number of carboxylic acids is 1. The van der Waals surface area contributed by atoms with Crippen LogP contribution < -0.4 is 4.74 Å². The lowest BCUT2D eigenvalue weighted by molar-refractivity contribution is -0.144. The summed E-state index contributed by atoms with van der Waals surface area (Å²) in [5, 5.41) is 8.89. The molecule has 0 saturated heterocycles. The zero-order chi connectivity index (χ0) is 17.2. The summed E-state index contributed by atoms with van der Waals surface area (Å²) in [5.74, 6) is 0.0185. The van der Waals surface area contributed by atoms with E-state index >= 15 is 0 Å². The van der Waals surface area contributed by atoms with Crippen LogP contribution in [0.4, 0.5) is 0 Å². The molecule has 1 rings (SSSR count). The second-order valence-electron chi connectivity index (χ2n) is 6.18. The minimum absolute atomic E-state index is 0.100. The topological polar surface area (TPSA) is 66.8 Å². The molecule has 0 atom stereocenters. The van der Waals surface area contributed by atoms with Crippen LogP contribution in [0.25, 0.3) is 0 Å². The molecule has 1 N–H and O–H groups in total. The van der Waals surface area contributed by atoms with E-state index in [9.17, 15) is 9.59 Å². The Morgan fingerprint density at radius 1 is 1.26 bits per heavy atom. The first-order valence-corrected chi connectivity index (χ1v) is 8.07. The number of nitrogens with zero attached hydrogens (tertiary/aromatic N) is 1. The van der Waals surface area contributed by atoms with Crippen LogP contribution in [0.1, 0.15) is 38.7 Å². The van der Waals surface area contributed by atoms with Crippen LogP contribution in [0, 0.1) is 12.8 Å². The molecule has 23 heavy (non-hydrogen) atoms. The van der Waals surface area contributed by atoms with Gasteiger partial charge in [0.1, 0.15) is 12.3 Å². The van der Waals surface area contributed by atoms with Gasteiger partial charge in [0.25, 0.3) is 0 Å². The molecule has 5 nitrogen and oxygen atoms in total. The van der Waals surface area contributed by atoms with Gasteiger partial charge < -0.3 is 14.7 Å². The summed E-state index contributed by atoms with van der Waals surface area (Å²) in [4.78, 5) is 24.4. The molecule has 0 heterocycles. The molecular formula is C18H27NO4. The Kier molecular flexibility index (Phi) is 8.16. The van der Waals surface area contributed by atoms with Gasteiger partial charge in [0, 0.05) is 13.0 Å². The van der Waals surface area contributed by atoms with E-state index in [0.29, 0.717) is 26.0 Å². The van der Waals surface area contributed by atoms with Crippen molar-refractivity contribution in [1.82, 2.24) is 4.90 Å². The third kappa shape index (κ3) is 8.24. The number of aliphatic carboxylic acids is 1. The van der Waals surface area contributed by atoms with Crippen LogP contribution in [0.3, 0.4) is 0 Å². The van der Waals surface area contributed by atoms with E-state index in [-0.39, 0.29) is 18.4 Å². The predicted octanol–water partition coefficient (Wildman–Crippen LogP) is 3.11. The number of carboxylic acid groups (broad SMARTS) is 1. The predicted molar refractivity (Wildman–Crippen MR) is 89.6 cm³/mol. The van der Waals surface area contributed by atoms with Crippen molar-refractivity contribution in [2.24, 2.45) is 5.92 Å². The van der Waals surface area contributed by atoms with Gasteiger partial charge in [0.05, 0.1) is 6.61 Å². The van der Waals surface area contributed by atoms with E-state index in [1.807, 2.05) is 45.0 Å². The molecule has 0 aromatic heterocycles. The van der Waals surface area contributed by atoms with Crippen molar-refractivity contribution >= 4 is 11.9 Å². The number of hydrogen-bond acceptors (Lipinski definition) is 3. The number of amides is 1. The molecule has 0 aliphatic heterocycles. The summed E-state index contributed by atoms with van der Waals surface area (Å²) in [6.07, 6.45) is 1.82. The first-order chi connectivity index (χ1) is 10.9. The zero-order valence-corrected chi connectivity index (χ0v) is 14.2. The molecule has 5 heteroatoms. The van der Waals surface area contributed by atoms with Crippen LogP contribution in [0.5, 0.6) is 5.75 Å². The zero-order valence-electron chi connectivity index (χ0n) is 14.2. The summed E-state index contributed by atoms with van der Waals surface area (Å²) >= 11 is 0. The minimum atomic E-state index is -0.971. The fourth-order valence-electron chi connectivity index (χ4n) is 2.29. The molecule has 0 fully saturated rings. The maximum Gasteiger partial charge on any atom is 0.323 e. The van der Waals surface area contributed by atoms with Gasteiger partial charge in [-0.2, -0.15) is 0 Å². The van der Waals surface area contributed by atoms with E-state index < -0.39 is 5.97 Å². The van der Waals surface area contributed by atoms with Gasteiger partial charge >= 0.3 is 5.97 Å². The third-order valence-electron chi connectivity index (χ3n) is 3.31. The molecule has 1 amide bonds. The van der Waals surface area contributed by atoms with Gasteiger partial charge in [-0.05, 0) is 43.4 Å². The highest BCUT2D eigenvalue weighted by molar-refractivity contribution is 5.81. The maximum absolute atomic E-state index is 12.1. The standard InChI is InChI=1S/C18H27NO4/c1-14(2)12-19(13-18(21)22)17(20)9-4-5-10-23-16-8-6-7-15(3)11-16/h6-8,11,14H,4-5,9-10,12-13H2,1-3H3,(H,21,22). The lowest BCUT2D eigenvalue weighted by Crippen LogP contribution is -2.38. The number of carbonyl (C=O) groups is 2. The third-order valence-corrected chi connectivity index (χ3v) is 3.31. The normalized spacial score (nSPS) is 10.6. The molecule has 0 bridgehead atoms. The maximum atomic E-state index is 12.1. The van der Waals surface area contributed by atoms with Gasteiger partial charge in [-0.15, -0.1) is 0 Å². The number of hydrogen-bond donors (Lipinski definition) is 1. The number of unbranched alkanes of at least 4 members (excludes halogenated alkanes) is 1. The SMILES string of the molecule is Cc1cccc(OCCCCC(=O)N(CC(=O)O)CC(C)C)c1. The second kappa shape index (κ2) is 9.87. The Bertz CT molecular complexity index is 513. The van der Waals surface area contributed by atoms with Crippen molar-refractivity contribution in [3.8, 4) is 5.75 Å². The lowest BCUT2D eigenvalue weighted by atomic mass is 10.1. The Balaban J connectivity index is 2.29. The first kappa shape index (κ1) is 19.0. The molecule has 0 spiro atoms. The van der Waals surface area contributed by atoms with Gasteiger partial charge in [0.15, 0.2) is 0 Å². The number of carbonyl (C=O) groups excluding carboxylic acids is 1. The Hall–Kier alpha value is -2.04. The number of ether oxygens (including phenoxy) is 1. The average Bonchev–Trinajstić information content (AvgIpc) is 2.45. The van der Waals surface area contributed by atoms with Crippen molar-refractivity contribution < 1.29 is 19.4 Å². The average molecular weight is 321 g/mol. The second-order valence-corrected chi connectivity index (χ2v) is 6.18. The largest absolute Gasteiger partial charge is 0.494 e. The van der Waals surface area contributed by atoms with Crippen LogP contribution in [0.2, 0.25) is 0 Å². The fraction of sp³-hybridized carbons (Fsp3) is 0.556. The van der Waals surface area contributed by atoms with Crippen molar-refractivity contribution in [2.45, 2.75) is 40.0 Å². The van der Waals surface area contributed by atoms with Gasteiger partial charge in [0.2, 0.25) is 5.91 Å². The quantitative estimate of drug-likeness (QED) is 0.672. The first-order valence-electron chi connectivity index (χ1n) is 8.07. The summed E-state index contributed by atoms with van der Waals surface area (Å²) in [6.45, 7) is 6.76. The summed E-state index contributed by atoms with van der Waals surface area (Å²) in [6, 6.07) is 7.85. The van der Waals surface area contributed by atoms with Gasteiger partial charge in [-0.3, -0.25) is 9.59 Å². The monoisotopic (exact) mass is 321 g/mol.